The van der Waals surface area contributed by atoms with Crippen molar-refractivity contribution >= 4 is 29.1 Å². The monoisotopic (exact) mass is 214 g/mol. The van der Waals surface area contributed by atoms with Crippen LogP contribution in [0.5, 0.6) is 0 Å². The minimum Gasteiger partial charge on any atom is -0.423 e. The molecule has 2 rings (SSSR count). The number of ketones is 1. The predicted octanol–water partition coefficient (Wildman–Crippen LogP) is 0.722. The van der Waals surface area contributed by atoms with E-state index in [2.05, 4.69) is 0 Å². The van der Waals surface area contributed by atoms with Crippen molar-refractivity contribution in [2.45, 2.75) is 6.92 Å². The van der Waals surface area contributed by atoms with E-state index in [1.54, 1.807) is 36.4 Å². The molecule has 2 N–H and O–H groups in total. The van der Waals surface area contributed by atoms with E-state index in [1.807, 2.05) is 0 Å². The number of benzene rings is 2. The van der Waals surface area contributed by atoms with E-state index < -0.39 is 7.12 Å². The average molecular weight is 214 g/mol. The lowest BCUT2D eigenvalue weighted by Crippen LogP contribution is -2.30. The van der Waals surface area contributed by atoms with E-state index in [0.29, 0.717) is 16.4 Å². The van der Waals surface area contributed by atoms with Crippen LogP contribution in [0.1, 0.15) is 17.3 Å². The van der Waals surface area contributed by atoms with Crippen molar-refractivity contribution in [1.82, 2.24) is 0 Å². The van der Waals surface area contributed by atoms with E-state index in [4.69, 9.17) is 0 Å². The highest BCUT2D eigenvalue weighted by Crippen LogP contribution is 2.17. The summed E-state index contributed by atoms with van der Waals surface area (Å²) in [5, 5.41) is 19.9. The van der Waals surface area contributed by atoms with Crippen LogP contribution in [-0.2, 0) is 0 Å². The van der Waals surface area contributed by atoms with Gasteiger partial charge in [0.25, 0.3) is 0 Å². The topological polar surface area (TPSA) is 57.5 Å². The van der Waals surface area contributed by atoms with Gasteiger partial charge in [0.05, 0.1) is 0 Å². The Morgan fingerprint density at radius 2 is 1.69 bits per heavy atom. The summed E-state index contributed by atoms with van der Waals surface area (Å²) in [6, 6.07) is 10.4. The van der Waals surface area contributed by atoms with Crippen LogP contribution in [0.2, 0.25) is 0 Å². The summed E-state index contributed by atoms with van der Waals surface area (Å²) >= 11 is 0. The van der Waals surface area contributed by atoms with Crippen LogP contribution in [0.15, 0.2) is 36.4 Å². The molecule has 0 aliphatic heterocycles. The Morgan fingerprint density at radius 3 is 2.31 bits per heavy atom. The van der Waals surface area contributed by atoms with E-state index in [9.17, 15) is 14.8 Å². The Labute approximate surface area is 93.5 Å². The standard InChI is InChI=1S/C12H11BO3/c1-8(14)9-4-2-6-11-10(9)5-3-7-12(11)13(15)16/h2-7,15-16H,1H3. The van der Waals surface area contributed by atoms with Crippen molar-refractivity contribution in [2.75, 3.05) is 0 Å². The van der Waals surface area contributed by atoms with Gasteiger partial charge in [0, 0.05) is 5.56 Å². The second-order valence-corrected chi connectivity index (χ2v) is 3.68. The van der Waals surface area contributed by atoms with E-state index in [-0.39, 0.29) is 5.78 Å². The molecule has 2 aromatic rings. The minimum absolute atomic E-state index is 0.0322. The average Bonchev–Trinajstić information content (AvgIpc) is 2.27. The van der Waals surface area contributed by atoms with Crippen LogP contribution in [0, 0.1) is 0 Å². The third-order valence-electron chi connectivity index (χ3n) is 2.61. The fourth-order valence-corrected chi connectivity index (χ4v) is 1.87. The highest BCUT2D eigenvalue weighted by Gasteiger charge is 2.15. The first-order valence-corrected chi connectivity index (χ1v) is 5.00. The molecule has 0 saturated carbocycles. The van der Waals surface area contributed by atoms with Gasteiger partial charge in [-0.2, -0.15) is 0 Å². The third kappa shape index (κ3) is 1.73. The maximum absolute atomic E-state index is 11.4. The molecule has 0 radical (unpaired) electrons. The fraction of sp³-hybridized carbons (Fsp3) is 0.0833. The molecular formula is C12H11BO3. The second-order valence-electron chi connectivity index (χ2n) is 3.68. The molecule has 0 amide bonds. The van der Waals surface area contributed by atoms with Crippen molar-refractivity contribution in [1.29, 1.82) is 0 Å². The van der Waals surface area contributed by atoms with E-state index in [1.165, 1.54) is 6.92 Å². The molecule has 0 unspecified atom stereocenters. The summed E-state index contributed by atoms with van der Waals surface area (Å²) in [5.41, 5.74) is 1.01. The lowest BCUT2D eigenvalue weighted by Gasteiger charge is -2.07. The molecular weight excluding hydrogens is 203 g/mol. The van der Waals surface area contributed by atoms with Crippen molar-refractivity contribution in [3.63, 3.8) is 0 Å². The summed E-state index contributed by atoms with van der Waals surface area (Å²) < 4.78 is 0. The number of hydrogen-bond acceptors (Lipinski definition) is 3. The normalized spacial score (nSPS) is 10.4. The molecule has 0 saturated heterocycles. The van der Waals surface area contributed by atoms with Gasteiger partial charge in [-0.25, -0.2) is 0 Å². The van der Waals surface area contributed by atoms with Gasteiger partial charge in [0.15, 0.2) is 5.78 Å². The lowest BCUT2D eigenvalue weighted by molar-refractivity contribution is 0.101. The van der Waals surface area contributed by atoms with E-state index >= 15 is 0 Å². The SMILES string of the molecule is CC(=O)c1cccc2c(B(O)O)cccc12. The zero-order valence-corrected chi connectivity index (χ0v) is 8.84. The van der Waals surface area contributed by atoms with Crippen molar-refractivity contribution in [3.05, 3.63) is 42.0 Å². The van der Waals surface area contributed by atoms with Crippen LogP contribution in [0.25, 0.3) is 10.8 Å². The first-order valence-electron chi connectivity index (χ1n) is 5.00. The maximum Gasteiger partial charge on any atom is 0.489 e. The Kier molecular flexibility index (Phi) is 2.77. The van der Waals surface area contributed by atoms with Crippen LogP contribution >= 0.6 is 0 Å². The minimum atomic E-state index is -1.52. The molecule has 2 aromatic carbocycles. The Hall–Kier alpha value is -1.65. The Balaban J connectivity index is 2.81. The first kappa shape index (κ1) is 10.9. The van der Waals surface area contributed by atoms with Gasteiger partial charge >= 0.3 is 7.12 Å². The number of carbonyl (C=O) groups is 1. The Bertz CT molecular complexity index is 549. The number of carbonyl (C=O) groups excluding carboxylic acids is 1. The summed E-state index contributed by atoms with van der Waals surface area (Å²) in [7, 11) is -1.52. The fourth-order valence-electron chi connectivity index (χ4n) is 1.87. The number of Topliss-reactive ketones (excluding diaryl/α,β-unsaturated/α-hetero) is 1. The largest absolute Gasteiger partial charge is 0.489 e. The predicted molar refractivity (Wildman–Crippen MR) is 63.8 cm³/mol. The zero-order valence-electron chi connectivity index (χ0n) is 8.84. The van der Waals surface area contributed by atoms with Crippen molar-refractivity contribution in [3.8, 4) is 0 Å². The van der Waals surface area contributed by atoms with Crippen LogP contribution in [0.4, 0.5) is 0 Å². The summed E-state index contributed by atoms with van der Waals surface area (Å²) in [4.78, 5) is 11.4. The van der Waals surface area contributed by atoms with Gasteiger partial charge in [0.2, 0.25) is 0 Å². The first-order chi connectivity index (χ1) is 7.61. The Morgan fingerprint density at radius 1 is 1.06 bits per heavy atom. The highest BCUT2D eigenvalue weighted by atomic mass is 16.4. The molecule has 0 bridgehead atoms. The van der Waals surface area contributed by atoms with Gasteiger partial charge < -0.3 is 10.0 Å². The van der Waals surface area contributed by atoms with Gasteiger partial charge in [0.1, 0.15) is 0 Å². The number of fused-ring (bicyclic) bond motifs is 1. The van der Waals surface area contributed by atoms with Crippen LogP contribution in [-0.4, -0.2) is 22.9 Å². The summed E-state index contributed by atoms with van der Waals surface area (Å²) in [5.74, 6) is -0.0322. The molecule has 80 valence electrons. The third-order valence-corrected chi connectivity index (χ3v) is 2.61. The molecule has 3 nitrogen and oxygen atoms in total. The number of rotatable bonds is 2. The van der Waals surface area contributed by atoms with Gasteiger partial charge in [-0.1, -0.05) is 36.4 Å². The molecule has 0 spiro atoms. The highest BCUT2D eigenvalue weighted by molar-refractivity contribution is 6.62. The molecule has 0 atom stereocenters. The van der Waals surface area contributed by atoms with Gasteiger partial charge in [-0.05, 0) is 23.2 Å². The zero-order chi connectivity index (χ0) is 11.7. The molecule has 0 fully saturated rings. The van der Waals surface area contributed by atoms with Crippen LogP contribution < -0.4 is 5.46 Å². The second kappa shape index (κ2) is 4.08. The molecule has 0 aliphatic carbocycles. The van der Waals surface area contributed by atoms with E-state index in [0.717, 1.165) is 5.39 Å². The summed E-state index contributed by atoms with van der Waals surface area (Å²) in [6.07, 6.45) is 0. The van der Waals surface area contributed by atoms with Crippen molar-refractivity contribution < 1.29 is 14.8 Å². The quantitative estimate of drug-likeness (QED) is 0.572. The molecule has 0 aliphatic rings. The van der Waals surface area contributed by atoms with Gasteiger partial charge in [-0.3, -0.25) is 4.79 Å². The maximum atomic E-state index is 11.4. The number of hydrogen-bond donors (Lipinski definition) is 2. The smallest absolute Gasteiger partial charge is 0.423 e. The molecule has 16 heavy (non-hydrogen) atoms. The molecule has 0 aromatic heterocycles. The van der Waals surface area contributed by atoms with Crippen LogP contribution in [0.3, 0.4) is 0 Å². The van der Waals surface area contributed by atoms with Gasteiger partial charge in [-0.15, -0.1) is 0 Å². The molecule has 4 heteroatoms. The van der Waals surface area contributed by atoms with Crippen molar-refractivity contribution in [2.24, 2.45) is 0 Å². The lowest BCUT2D eigenvalue weighted by atomic mass is 9.76. The summed E-state index contributed by atoms with van der Waals surface area (Å²) in [6.45, 7) is 1.50. The molecule has 0 heterocycles.